The van der Waals surface area contributed by atoms with E-state index >= 15 is 0 Å². The number of aryl methyl sites for hydroxylation is 1. The molecule has 0 saturated heterocycles. The lowest BCUT2D eigenvalue weighted by Gasteiger charge is -2.13. The Labute approximate surface area is 165 Å². The van der Waals surface area contributed by atoms with Gasteiger partial charge in [0.05, 0.1) is 22.9 Å². The van der Waals surface area contributed by atoms with Crippen molar-refractivity contribution in [3.63, 3.8) is 0 Å². The van der Waals surface area contributed by atoms with Crippen LogP contribution in [0.3, 0.4) is 0 Å². The van der Waals surface area contributed by atoms with Crippen LogP contribution in [0.2, 0.25) is 0 Å². The number of pyridine rings is 4. The van der Waals surface area contributed by atoms with E-state index in [1.807, 2.05) is 37.3 Å². The number of hydrogen-bond donors (Lipinski definition) is 0. The minimum Gasteiger partial charge on any atom is -0.275 e. The molecule has 0 amide bonds. The first-order valence-electron chi connectivity index (χ1n) is 9.10. The second kappa shape index (κ2) is 6.60. The first-order chi connectivity index (χ1) is 14.1. The van der Waals surface area contributed by atoms with Gasteiger partial charge in [-0.2, -0.15) is 0 Å². The van der Waals surface area contributed by atoms with Crippen LogP contribution < -0.4 is 5.56 Å². The van der Waals surface area contributed by atoms with Crippen LogP contribution >= 0.6 is 0 Å². The predicted octanol–water partition coefficient (Wildman–Crippen LogP) is 4.44. The van der Waals surface area contributed by atoms with E-state index in [1.54, 1.807) is 29.1 Å². The molecule has 6 heteroatoms. The first-order valence-corrected chi connectivity index (χ1v) is 9.10. The SMILES string of the molecule is Cc1cccc(-n2c(=O)ccc3cnc4ccc(-c5cncc(F)c5)nc4c32)c1. The maximum Gasteiger partial charge on any atom is 0.255 e. The van der Waals surface area contributed by atoms with Crippen molar-refractivity contribution in [2.24, 2.45) is 0 Å². The van der Waals surface area contributed by atoms with Crippen LogP contribution in [0.1, 0.15) is 5.56 Å². The molecule has 0 atom stereocenters. The molecular formula is C23H15FN4O. The number of hydrogen-bond acceptors (Lipinski definition) is 4. The van der Waals surface area contributed by atoms with Crippen LogP contribution in [-0.2, 0) is 0 Å². The average molecular weight is 382 g/mol. The van der Waals surface area contributed by atoms with E-state index in [9.17, 15) is 9.18 Å². The van der Waals surface area contributed by atoms with Crippen LogP contribution in [0.4, 0.5) is 4.39 Å². The van der Waals surface area contributed by atoms with Gasteiger partial charge in [0.25, 0.3) is 5.56 Å². The van der Waals surface area contributed by atoms with E-state index in [-0.39, 0.29) is 5.56 Å². The summed E-state index contributed by atoms with van der Waals surface area (Å²) < 4.78 is 15.3. The molecule has 0 fully saturated rings. The summed E-state index contributed by atoms with van der Waals surface area (Å²) in [5, 5.41) is 0.792. The van der Waals surface area contributed by atoms with Crippen molar-refractivity contribution in [3.8, 4) is 16.9 Å². The summed E-state index contributed by atoms with van der Waals surface area (Å²) >= 11 is 0. The molecule has 0 bridgehead atoms. The van der Waals surface area contributed by atoms with Gasteiger partial charge in [-0.3, -0.25) is 19.3 Å². The molecule has 4 heterocycles. The molecule has 0 spiro atoms. The second-order valence-electron chi connectivity index (χ2n) is 6.86. The predicted molar refractivity (Wildman–Crippen MR) is 111 cm³/mol. The zero-order valence-electron chi connectivity index (χ0n) is 15.5. The first kappa shape index (κ1) is 17.2. The molecule has 5 rings (SSSR count). The van der Waals surface area contributed by atoms with Crippen molar-refractivity contribution in [1.29, 1.82) is 0 Å². The Hall–Kier alpha value is -3.93. The van der Waals surface area contributed by atoms with Crippen molar-refractivity contribution in [3.05, 3.63) is 94.9 Å². The zero-order chi connectivity index (χ0) is 20.0. The normalized spacial score (nSPS) is 11.2. The summed E-state index contributed by atoms with van der Waals surface area (Å²) in [6.07, 6.45) is 4.44. The van der Waals surface area contributed by atoms with Crippen molar-refractivity contribution in [2.75, 3.05) is 0 Å². The second-order valence-corrected chi connectivity index (χ2v) is 6.86. The summed E-state index contributed by atoms with van der Waals surface area (Å²) in [5.41, 5.74) is 4.66. The topological polar surface area (TPSA) is 60.7 Å². The number of nitrogens with zero attached hydrogens (tertiary/aromatic N) is 4. The van der Waals surface area contributed by atoms with E-state index in [0.717, 1.165) is 22.8 Å². The Kier molecular flexibility index (Phi) is 3.91. The molecule has 0 radical (unpaired) electrons. The summed E-state index contributed by atoms with van der Waals surface area (Å²) in [4.78, 5) is 26.0. The molecule has 5 aromatic rings. The van der Waals surface area contributed by atoms with Crippen molar-refractivity contribution in [2.45, 2.75) is 6.92 Å². The van der Waals surface area contributed by atoms with Crippen LogP contribution in [0.25, 0.3) is 38.9 Å². The standard InChI is InChI=1S/C23H15FN4O/c1-14-3-2-4-18(9-14)28-21(29)8-5-15-12-26-20-7-6-19(27-22(20)23(15)28)16-10-17(24)13-25-11-16/h2-13H,1H3. The third-order valence-corrected chi connectivity index (χ3v) is 4.82. The fourth-order valence-electron chi connectivity index (χ4n) is 3.51. The zero-order valence-corrected chi connectivity index (χ0v) is 15.5. The maximum absolute atomic E-state index is 13.6. The quantitative estimate of drug-likeness (QED) is 0.424. The van der Waals surface area contributed by atoms with E-state index in [2.05, 4.69) is 9.97 Å². The summed E-state index contributed by atoms with van der Waals surface area (Å²) in [7, 11) is 0. The van der Waals surface area contributed by atoms with E-state index < -0.39 is 5.82 Å². The lowest BCUT2D eigenvalue weighted by molar-refractivity contribution is 0.622. The summed E-state index contributed by atoms with van der Waals surface area (Å²) in [6.45, 7) is 1.98. The fraction of sp³-hybridized carbons (Fsp3) is 0.0435. The molecule has 0 N–H and O–H groups in total. The third kappa shape index (κ3) is 2.95. The highest BCUT2D eigenvalue weighted by Gasteiger charge is 2.13. The highest BCUT2D eigenvalue weighted by atomic mass is 19.1. The smallest absolute Gasteiger partial charge is 0.255 e. The largest absolute Gasteiger partial charge is 0.275 e. The lowest BCUT2D eigenvalue weighted by Crippen LogP contribution is -2.18. The minimum absolute atomic E-state index is 0.157. The molecule has 0 aliphatic rings. The molecule has 0 aliphatic carbocycles. The van der Waals surface area contributed by atoms with Gasteiger partial charge >= 0.3 is 0 Å². The van der Waals surface area contributed by atoms with E-state index in [0.29, 0.717) is 27.8 Å². The Morgan fingerprint density at radius 2 is 1.86 bits per heavy atom. The van der Waals surface area contributed by atoms with Gasteiger partial charge in [-0.15, -0.1) is 0 Å². The highest BCUT2D eigenvalue weighted by molar-refractivity contribution is 6.02. The van der Waals surface area contributed by atoms with Gasteiger partial charge in [0, 0.05) is 35.1 Å². The van der Waals surface area contributed by atoms with Gasteiger partial charge < -0.3 is 0 Å². The van der Waals surface area contributed by atoms with Crippen molar-refractivity contribution >= 4 is 21.9 Å². The molecule has 0 aliphatic heterocycles. The minimum atomic E-state index is -0.433. The molecule has 0 unspecified atom stereocenters. The Balaban J connectivity index is 1.89. The number of fused-ring (bicyclic) bond motifs is 3. The highest BCUT2D eigenvalue weighted by Crippen LogP contribution is 2.26. The molecule has 29 heavy (non-hydrogen) atoms. The average Bonchev–Trinajstić information content (AvgIpc) is 2.73. The molecule has 0 saturated carbocycles. The van der Waals surface area contributed by atoms with Gasteiger partial charge in [0.1, 0.15) is 11.3 Å². The van der Waals surface area contributed by atoms with Gasteiger partial charge in [-0.1, -0.05) is 12.1 Å². The molecular weight excluding hydrogens is 367 g/mol. The van der Waals surface area contributed by atoms with Crippen LogP contribution in [0.15, 0.2) is 78.0 Å². The summed E-state index contributed by atoms with van der Waals surface area (Å²) in [5.74, 6) is -0.433. The van der Waals surface area contributed by atoms with Crippen LogP contribution in [-0.4, -0.2) is 19.5 Å². The number of halogens is 1. The third-order valence-electron chi connectivity index (χ3n) is 4.82. The number of aromatic nitrogens is 4. The van der Waals surface area contributed by atoms with Gasteiger partial charge in [0.15, 0.2) is 0 Å². The monoisotopic (exact) mass is 382 g/mol. The van der Waals surface area contributed by atoms with Crippen molar-refractivity contribution < 1.29 is 4.39 Å². The molecule has 140 valence electrons. The van der Waals surface area contributed by atoms with E-state index in [1.165, 1.54) is 12.1 Å². The van der Waals surface area contributed by atoms with Gasteiger partial charge in [-0.05, 0) is 48.9 Å². The number of rotatable bonds is 2. The van der Waals surface area contributed by atoms with E-state index in [4.69, 9.17) is 4.98 Å². The van der Waals surface area contributed by atoms with Gasteiger partial charge in [-0.25, -0.2) is 9.37 Å². The Morgan fingerprint density at radius 1 is 0.966 bits per heavy atom. The molecule has 1 aromatic carbocycles. The fourth-order valence-corrected chi connectivity index (χ4v) is 3.51. The number of benzene rings is 1. The summed E-state index contributed by atoms with van der Waals surface area (Å²) in [6, 6.07) is 16.0. The van der Waals surface area contributed by atoms with Crippen LogP contribution in [0, 0.1) is 12.7 Å². The lowest BCUT2D eigenvalue weighted by atomic mass is 10.1. The van der Waals surface area contributed by atoms with Crippen molar-refractivity contribution in [1.82, 2.24) is 19.5 Å². The Morgan fingerprint density at radius 3 is 2.69 bits per heavy atom. The molecule has 5 nitrogen and oxygen atoms in total. The maximum atomic E-state index is 13.6. The van der Waals surface area contributed by atoms with Gasteiger partial charge in [0.2, 0.25) is 0 Å². The Bertz CT molecular complexity index is 1460. The van der Waals surface area contributed by atoms with Crippen LogP contribution in [0.5, 0.6) is 0 Å². The molecule has 4 aromatic heterocycles.